The van der Waals surface area contributed by atoms with Crippen molar-refractivity contribution in [2.24, 2.45) is 0 Å². The first-order valence-electron chi connectivity index (χ1n) is 11.2. The SMILES string of the molecule is CCCCCCCC/C=C\CCCCCCCCOc1ccccc1C=O. The summed E-state index contributed by atoms with van der Waals surface area (Å²) < 4.78 is 5.71. The molecular weight excluding hydrogens is 332 g/mol. The summed E-state index contributed by atoms with van der Waals surface area (Å²) >= 11 is 0. The number of benzene rings is 1. The maximum absolute atomic E-state index is 10.9. The molecule has 0 saturated carbocycles. The number of hydrogen-bond acceptors (Lipinski definition) is 2. The monoisotopic (exact) mass is 372 g/mol. The van der Waals surface area contributed by atoms with Gasteiger partial charge in [-0.1, -0.05) is 89.0 Å². The molecule has 0 saturated heterocycles. The highest BCUT2D eigenvalue weighted by Crippen LogP contribution is 2.16. The van der Waals surface area contributed by atoms with Crippen LogP contribution >= 0.6 is 0 Å². The topological polar surface area (TPSA) is 26.3 Å². The third-order valence-corrected chi connectivity index (χ3v) is 4.96. The van der Waals surface area contributed by atoms with Crippen molar-refractivity contribution < 1.29 is 9.53 Å². The second-order valence-electron chi connectivity index (χ2n) is 7.44. The number of ether oxygens (including phenoxy) is 1. The minimum Gasteiger partial charge on any atom is -0.493 e. The lowest BCUT2D eigenvalue weighted by atomic mass is 10.1. The van der Waals surface area contributed by atoms with Gasteiger partial charge in [-0.05, 0) is 44.2 Å². The van der Waals surface area contributed by atoms with Crippen LogP contribution in [-0.2, 0) is 0 Å². The largest absolute Gasteiger partial charge is 0.493 e. The summed E-state index contributed by atoms with van der Waals surface area (Å²) in [6.45, 7) is 2.97. The lowest BCUT2D eigenvalue weighted by Gasteiger charge is -2.07. The van der Waals surface area contributed by atoms with Gasteiger partial charge in [-0.25, -0.2) is 0 Å². The molecule has 1 rings (SSSR count). The van der Waals surface area contributed by atoms with E-state index in [4.69, 9.17) is 4.74 Å². The molecule has 27 heavy (non-hydrogen) atoms. The van der Waals surface area contributed by atoms with Gasteiger partial charge in [0.25, 0.3) is 0 Å². The Hall–Kier alpha value is -1.57. The van der Waals surface area contributed by atoms with Gasteiger partial charge in [0.1, 0.15) is 5.75 Å². The Labute approximate surface area is 167 Å². The van der Waals surface area contributed by atoms with E-state index in [9.17, 15) is 4.79 Å². The van der Waals surface area contributed by atoms with Gasteiger partial charge in [0, 0.05) is 0 Å². The van der Waals surface area contributed by atoms with Crippen molar-refractivity contribution in [3.05, 3.63) is 42.0 Å². The van der Waals surface area contributed by atoms with E-state index in [0.29, 0.717) is 17.9 Å². The molecule has 0 amide bonds. The molecule has 0 fully saturated rings. The Morgan fingerprint density at radius 1 is 0.741 bits per heavy atom. The first-order valence-corrected chi connectivity index (χ1v) is 11.2. The molecule has 1 aromatic carbocycles. The minimum absolute atomic E-state index is 0.641. The number of unbranched alkanes of at least 4 members (excludes halogenated alkanes) is 12. The third kappa shape index (κ3) is 13.3. The summed E-state index contributed by atoms with van der Waals surface area (Å²) in [5, 5.41) is 0. The quantitative estimate of drug-likeness (QED) is 0.149. The standard InChI is InChI=1S/C25H40O2/c1-2-3-4-5-6-7-8-9-10-11-12-13-14-15-16-19-22-27-25-21-18-17-20-24(25)23-26/h9-10,17-18,20-21,23H,2-8,11-16,19,22H2,1H3/b10-9-. The van der Waals surface area contributed by atoms with Crippen molar-refractivity contribution in [2.75, 3.05) is 6.61 Å². The van der Waals surface area contributed by atoms with E-state index in [0.717, 1.165) is 12.7 Å². The zero-order valence-corrected chi connectivity index (χ0v) is 17.5. The molecule has 0 aliphatic rings. The smallest absolute Gasteiger partial charge is 0.153 e. The Balaban J connectivity index is 1.84. The first kappa shape index (κ1) is 23.5. The molecule has 0 spiro atoms. The molecule has 0 unspecified atom stereocenters. The molecule has 0 aromatic heterocycles. The van der Waals surface area contributed by atoms with Gasteiger partial charge in [-0.3, -0.25) is 4.79 Å². The van der Waals surface area contributed by atoms with E-state index < -0.39 is 0 Å². The van der Waals surface area contributed by atoms with Crippen LogP contribution in [0, 0.1) is 0 Å². The van der Waals surface area contributed by atoms with E-state index in [1.807, 2.05) is 18.2 Å². The molecule has 0 bridgehead atoms. The summed E-state index contributed by atoms with van der Waals surface area (Å²) in [7, 11) is 0. The van der Waals surface area contributed by atoms with Crippen molar-refractivity contribution in [1.82, 2.24) is 0 Å². The van der Waals surface area contributed by atoms with Crippen LogP contribution in [0.15, 0.2) is 36.4 Å². The number of carbonyl (C=O) groups excluding carboxylic acids is 1. The highest BCUT2D eigenvalue weighted by Gasteiger charge is 2.00. The van der Waals surface area contributed by atoms with Crippen LogP contribution in [0.3, 0.4) is 0 Å². The fourth-order valence-corrected chi connectivity index (χ4v) is 3.24. The zero-order valence-electron chi connectivity index (χ0n) is 17.5. The van der Waals surface area contributed by atoms with Crippen molar-refractivity contribution in [3.63, 3.8) is 0 Å². The molecule has 0 aliphatic carbocycles. The number of para-hydroxylation sites is 1. The van der Waals surface area contributed by atoms with Gasteiger partial charge < -0.3 is 4.74 Å². The van der Waals surface area contributed by atoms with E-state index >= 15 is 0 Å². The second-order valence-corrected chi connectivity index (χ2v) is 7.44. The maximum Gasteiger partial charge on any atom is 0.153 e. The van der Waals surface area contributed by atoms with Gasteiger partial charge in [0.15, 0.2) is 6.29 Å². The lowest BCUT2D eigenvalue weighted by molar-refractivity contribution is 0.111. The van der Waals surface area contributed by atoms with E-state index in [1.165, 1.54) is 83.5 Å². The summed E-state index contributed by atoms with van der Waals surface area (Å²) in [5.41, 5.74) is 0.641. The van der Waals surface area contributed by atoms with Crippen LogP contribution in [-0.4, -0.2) is 12.9 Å². The fraction of sp³-hybridized carbons (Fsp3) is 0.640. The Morgan fingerprint density at radius 2 is 1.30 bits per heavy atom. The summed E-state index contributed by atoms with van der Waals surface area (Å²) in [5.74, 6) is 0.709. The van der Waals surface area contributed by atoms with Gasteiger partial charge in [0.05, 0.1) is 12.2 Å². The van der Waals surface area contributed by atoms with E-state index in [2.05, 4.69) is 19.1 Å². The van der Waals surface area contributed by atoms with Crippen LogP contribution in [0.2, 0.25) is 0 Å². The molecular formula is C25H40O2. The second kappa shape index (κ2) is 17.8. The van der Waals surface area contributed by atoms with Gasteiger partial charge in [-0.2, -0.15) is 0 Å². The van der Waals surface area contributed by atoms with Gasteiger partial charge in [-0.15, -0.1) is 0 Å². The maximum atomic E-state index is 10.9. The van der Waals surface area contributed by atoms with Crippen molar-refractivity contribution in [2.45, 2.75) is 96.8 Å². The van der Waals surface area contributed by atoms with E-state index in [-0.39, 0.29) is 0 Å². The number of carbonyl (C=O) groups is 1. The normalized spacial score (nSPS) is 11.1. The highest BCUT2D eigenvalue weighted by molar-refractivity contribution is 5.79. The van der Waals surface area contributed by atoms with Crippen LogP contribution in [0.5, 0.6) is 5.75 Å². The molecule has 152 valence electrons. The fourth-order valence-electron chi connectivity index (χ4n) is 3.24. The number of rotatable bonds is 18. The average Bonchev–Trinajstić information content (AvgIpc) is 2.70. The van der Waals surface area contributed by atoms with Crippen molar-refractivity contribution in [3.8, 4) is 5.75 Å². The summed E-state index contributed by atoms with van der Waals surface area (Å²) in [6.07, 6.45) is 24.0. The summed E-state index contributed by atoms with van der Waals surface area (Å²) in [6, 6.07) is 7.43. The molecule has 0 radical (unpaired) electrons. The predicted octanol–water partition coefficient (Wildman–Crippen LogP) is 7.92. The van der Waals surface area contributed by atoms with Crippen LogP contribution < -0.4 is 4.74 Å². The highest BCUT2D eigenvalue weighted by atomic mass is 16.5. The lowest BCUT2D eigenvalue weighted by Crippen LogP contribution is -1.99. The number of aldehydes is 1. The summed E-state index contributed by atoms with van der Waals surface area (Å²) in [4.78, 5) is 10.9. The predicted molar refractivity (Wildman–Crippen MR) is 117 cm³/mol. The molecule has 0 aliphatic heterocycles. The zero-order chi connectivity index (χ0) is 19.4. The molecule has 0 atom stereocenters. The van der Waals surface area contributed by atoms with E-state index in [1.54, 1.807) is 6.07 Å². The Morgan fingerprint density at radius 3 is 1.93 bits per heavy atom. The molecule has 0 heterocycles. The first-order chi connectivity index (χ1) is 13.4. The van der Waals surface area contributed by atoms with Gasteiger partial charge >= 0.3 is 0 Å². The van der Waals surface area contributed by atoms with Crippen molar-refractivity contribution in [1.29, 1.82) is 0 Å². The van der Waals surface area contributed by atoms with Crippen LogP contribution in [0.1, 0.15) is 107 Å². The number of hydrogen-bond donors (Lipinski definition) is 0. The third-order valence-electron chi connectivity index (χ3n) is 4.96. The Kier molecular flexibility index (Phi) is 15.5. The molecule has 2 heteroatoms. The molecule has 2 nitrogen and oxygen atoms in total. The molecule has 1 aromatic rings. The van der Waals surface area contributed by atoms with Crippen molar-refractivity contribution >= 4 is 6.29 Å². The van der Waals surface area contributed by atoms with Gasteiger partial charge in [0.2, 0.25) is 0 Å². The Bertz CT molecular complexity index is 493. The number of allylic oxidation sites excluding steroid dienone is 2. The molecule has 0 N–H and O–H groups in total. The minimum atomic E-state index is 0.641. The van der Waals surface area contributed by atoms with Crippen LogP contribution in [0.4, 0.5) is 0 Å². The average molecular weight is 373 g/mol. The van der Waals surface area contributed by atoms with Crippen LogP contribution in [0.25, 0.3) is 0 Å².